The molecule has 0 spiro atoms. The summed E-state index contributed by atoms with van der Waals surface area (Å²) in [6.07, 6.45) is 0. The second-order valence-corrected chi connectivity index (χ2v) is 6.14. The van der Waals surface area contributed by atoms with Crippen molar-refractivity contribution in [3.05, 3.63) is 53.6 Å². The van der Waals surface area contributed by atoms with Gasteiger partial charge in [0.15, 0.2) is 6.61 Å². The third-order valence-electron chi connectivity index (χ3n) is 3.63. The molecule has 5 nitrogen and oxygen atoms in total. The molecule has 0 aliphatic rings. The minimum atomic E-state index is -0.488. The van der Waals surface area contributed by atoms with Crippen LogP contribution in [0.1, 0.15) is 37.8 Å². The molecular weight excluding hydrogens is 318 g/mol. The number of amides is 1. The molecule has 0 fully saturated rings. The van der Waals surface area contributed by atoms with Gasteiger partial charge in [0.1, 0.15) is 11.5 Å². The van der Waals surface area contributed by atoms with Gasteiger partial charge in [-0.25, -0.2) is 4.79 Å². The molecule has 0 atom stereocenters. The monoisotopic (exact) mass is 341 g/mol. The van der Waals surface area contributed by atoms with Gasteiger partial charge in [-0.3, -0.25) is 4.79 Å². The average Bonchev–Trinajstić information content (AvgIpc) is 2.54. The minimum absolute atomic E-state index is 0.156. The fourth-order valence-electron chi connectivity index (χ4n) is 2.50. The maximum Gasteiger partial charge on any atom is 0.349 e. The van der Waals surface area contributed by atoms with Gasteiger partial charge in [-0.15, -0.1) is 0 Å². The van der Waals surface area contributed by atoms with Crippen molar-refractivity contribution in [1.29, 1.82) is 0 Å². The standard InChI is InChI=1S/C20H23NO4/c1-13(2)19-10-9-18(11-14(19)3)24-12-20(23)25-17-7-5-16(6-8-17)21-15(4)22/h5-11,13H,12H2,1-4H3,(H,21,22). The van der Waals surface area contributed by atoms with Crippen molar-refractivity contribution in [2.45, 2.75) is 33.6 Å². The van der Waals surface area contributed by atoms with E-state index in [4.69, 9.17) is 9.47 Å². The summed E-state index contributed by atoms with van der Waals surface area (Å²) in [4.78, 5) is 22.9. The van der Waals surface area contributed by atoms with Crippen molar-refractivity contribution < 1.29 is 19.1 Å². The molecular formula is C20H23NO4. The molecule has 5 heteroatoms. The number of esters is 1. The van der Waals surface area contributed by atoms with Gasteiger partial charge in [0.2, 0.25) is 5.91 Å². The van der Waals surface area contributed by atoms with Gasteiger partial charge in [-0.1, -0.05) is 19.9 Å². The van der Waals surface area contributed by atoms with Crippen LogP contribution in [0, 0.1) is 6.92 Å². The lowest BCUT2D eigenvalue weighted by Gasteiger charge is -2.12. The molecule has 0 unspecified atom stereocenters. The number of hydrogen-bond donors (Lipinski definition) is 1. The highest BCUT2D eigenvalue weighted by atomic mass is 16.6. The first-order valence-electron chi connectivity index (χ1n) is 8.17. The van der Waals surface area contributed by atoms with Crippen molar-refractivity contribution in [2.24, 2.45) is 0 Å². The smallest absolute Gasteiger partial charge is 0.349 e. The van der Waals surface area contributed by atoms with Gasteiger partial charge in [-0.05, 0) is 60.4 Å². The van der Waals surface area contributed by atoms with Crippen LogP contribution in [0.5, 0.6) is 11.5 Å². The number of ether oxygens (including phenoxy) is 2. The Kier molecular flexibility index (Phi) is 6.17. The lowest BCUT2D eigenvalue weighted by Crippen LogP contribution is -2.17. The predicted molar refractivity (Wildman–Crippen MR) is 97.1 cm³/mol. The molecule has 2 aromatic carbocycles. The van der Waals surface area contributed by atoms with Crippen LogP contribution in [0.3, 0.4) is 0 Å². The molecule has 1 amide bonds. The summed E-state index contributed by atoms with van der Waals surface area (Å²) in [6.45, 7) is 7.56. The van der Waals surface area contributed by atoms with Crippen LogP contribution in [0.4, 0.5) is 5.69 Å². The van der Waals surface area contributed by atoms with Gasteiger partial charge >= 0.3 is 5.97 Å². The topological polar surface area (TPSA) is 64.6 Å². The molecule has 0 aliphatic carbocycles. The zero-order valence-electron chi connectivity index (χ0n) is 15.0. The van der Waals surface area contributed by atoms with Gasteiger partial charge < -0.3 is 14.8 Å². The molecule has 1 N–H and O–H groups in total. The summed E-state index contributed by atoms with van der Waals surface area (Å²) < 4.78 is 10.7. The Morgan fingerprint density at radius 3 is 2.24 bits per heavy atom. The highest BCUT2D eigenvalue weighted by Crippen LogP contribution is 2.23. The normalized spacial score (nSPS) is 10.4. The third kappa shape index (κ3) is 5.64. The van der Waals surface area contributed by atoms with E-state index in [-0.39, 0.29) is 12.5 Å². The van der Waals surface area contributed by atoms with Gasteiger partial charge in [0, 0.05) is 12.6 Å². The lowest BCUT2D eigenvalue weighted by molar-refractivity contribution is -0.136. The molecule has 0 bridgehead atoms. The van der Waals surface area contributed by atoms with Crippen molar-refractivity contribution in [3.63, 3.8) is 0 Å². The van der Waals surface area contributed by atoms with E-state index in [0.717, 1.165) is 5.56 Å². The molecule has 0 aliphatic heterocycles. The van der Waals surface area contributed by atoms with Crippen LogP contribution in [-0.2, 0) is 9.59 Å². The van der Waals surface area contributed by atoms with E-state index in [1.165, 1.54) is 12.5 Å². The summed E-state index contributed by atoms with van der Waals surface area (Å²) >= 11 is 0. The van der Waals surface area contributed by atoms with Crippen molar-refractivity contribution >= 4 is 17.6 Å². The van der Waals surface area contributed by atoms with Crippen LogP contribution in [0.15, 0.2) is 42.5 Å². The predicted octanol–water partition coefficient (Wildman–Crippen LogP) is 4.06. The summed E-state index contributed by atoms with van der Waals surface area (Å²) in [6, 6.07) is 12.4. The van der Waals surface area contributed by atoms with E-state index in [1.807, 2.05) is 25.1 Å². The Balaban J connectivity index is 1.88. The first kappa shape index (κ1) is 18.5. The van der Waals surface area contributed by atoms with Crippen LogP contribution >= 0.6 is 0 Å². The van der Waals surface area contributed by atoms with Crippen LogP contribution in [0.2, 0.25) is 0 Å². The highest BCUT2D eigenvalue weighted by Gasteiger charge is 2.09. The van der Waals surface area contributed by atoms with Crippen LogP contribution in [0.25, 0.3) is 0 Å². The van der Waals surface area contributed by atoms with E-state index >= 15 is 0 Å². The zero-order chi connectivity index (χ0) is 18.4. The van der Waals surface area contributed by atoms with Gasteiger partial charge in [-0.2, -0.15) is 0 Å². The van der Waals surface area contributed by atoms with Crippen molar-refractivity contribution in [2.75, 3.05) is 11.9 Å². The van der Waals surface area contributed by atoms with Crippen molar-refractivity contribution in [3.8, 4) is 11.5 Å². The van der Waals surface area contributed by atoms with Crippen molar-refractivity contribution in [1.82, 2.24) is 0 Å². The first-order valence-corrected chi connectivity index (χ1v) is 8.17. The molecule has 0 radical (unpaired) electrons. The average molecular weight is 341 g/mol. The van der Waals surface area contributed by atoms with Crippen LogP contribution in [-0.4, -0.2) is 18.5 Å². The Hall–Kier alpha value is -2.82. The van der Waals surface area contributed by atoms with E-state index in [0.29, 0.717) is 23.1 Å². The molecule has 0 saturated carbocycles. The zero-order valence-corrected chi connectivity index (χ0v) is 15.0. The number of rotatable bonds is 6. The van der Waals surface area contributed by atoms with Gasteiger partial charge in [0.25, 0.3) is 0 Å². The third-order valence-corrected chi connectivity index (χ3v) is 3.63. The lowest BCUT2D eigenvalue weighted by atomic mass is 9.98. The fraction of sp³-hybridized carbons (Fsp3) is 0.300. The van der Waals surface area contributed by atoms with Crippen LogP contribution < -0.4 is 14.8 Å². The minimum Gasteiger partial charge on any atom is -0.482 e. The molecule has 2 aromatic rings. The number of carbonyl (C=O) groups excluding carboxylic acids is 2. The number of nitrogens with one attached hydrogen (secondary N) is 1. The number of benzene rings is 2. The fourth-order valence-corrected chi connectivity index (χ4v) is 2.50. The quantitative estimate of drug-likeness (QED) is 0.636. The molecule has 0 heterocycles. The second-order valence-electron chi connectivity index (χ2n) is 6.14. The number of carbonyl (C=O) groups is 2. The molecule has 2 rings (SSSR count). The summed E-state index contributed by atoms with van der Waals surface area (Å²) in [5.74, 6) is 0.836. The Morgan fingerprint density at radius 1 is 1.04 bits per heavy atom. The van der Waals surface area contributed by atoms with E-state index < -0.39 is 5.97 Å². The largest absolute Gasteiger partial charge is 0.482 e. The molecule has 0 aromatic heterocycles. The number of hydrogen-bond acceptors (Lipinski definition) is 4. The molecule has 0 saturated heterocycles. The first-order chi connectivity index (χ1) is 11.8. The maximum atomic E-state index is 11.9. The van der Waals surface area contributed by atoms with E-state index in [2.05, 4.69) is 19.2 Å². The summed E-state index contributed by atoms with van der Waals surface area (Å²) in [7, 11) is 0. The molecule has 25 heavy (non-hydrogen) atoms. The summed E-state index contributed by atoms with van der Waals surface area (Å²) in [5, 5.41) is 2.65. The van der Waals surface area contributed by atoms with Gasteiger partial charge in [0.05, 0.1) is 0 Å². The SMILES string of the molecule is CC(=O)Nc1ccc(OC(=O)COc2ccc(C(C)C)c(C)c2)cc1. The second kappa shape index (κ2) is 8.33. The number of aryl methyl sites for hydroxylation is 1. The maximum absolute atomic E-state index is 11.9. The Labute approximate surface area is 148 Å². The Bertz CT molecular complexity index is 751. The molecule has 132 valence electrons. The van der Waals surface area contributed by atoms with E-state index in [9.17, 15) is 9.59 Å². The summed E-state index contributed by atoms with van der Waals surface area (Å²) in [5.41, 5.74) is 3.04. The van der Waals surface area contributed by atoms with E-state index in [1.54, 1.807) is 24.3 Å². The Morgan fingerprint density at radius 2 is 1.68 bits per heavy atom. The number of anilines is 1. The highest BCUT2D eigenvalue weighted by molar-refractivity contribution is 5.88.